The minimum Gasteiger partial charge on any atom is -0.398 e. The van der Waals surface area contributed by atoms with Gasteiger partial charge in [0.05, 0.1) is 10.6 Å². The first-order chi connectivity index (χ1) is 14.5. The number of carbonyl (C=O) groups is 2. The quantitative estimate of drug-likeness (QED) is 0.628. The van der Waals surface area contributed by atoms with Crippen LogP contribution in [-0.2, 0) is 10.2 Å². The van der Waals surface area contributed by atoms with Gasteiger partial charge in [-0.05, 0) is 31.4 Å². The van der Waals surface area contributed by atoms with Gasteiger partial charge in [0.1, 0.15) is 11.6 Å². The standard InChI is InChI=1S/C22H25ClFN5O2/c1-21(20(26)31)6-7-22(9-21)10-28-18-15(22)16(23)12(8-27-18)11-4-5-13(25)14(17(11)24)19(30)29(2)3/h4-5,8H,6-7,9-10,25H2,1-3H3,(H2,26,31)(H,27,28). The fraction of sp³-hybridized carbons (Fsp3) is 0.409. The molecule has 0 saturated heterocycles. The number of hydrogen-bond donors (Lipinski definition) is 3. The van der Waals surface area contributed by atoms with Crippen LogP contribution in [0.1, 0.15) is 42.1 Å². The highest BCUT2D eigenvalue weighted by molar-refractivity contribution is 6.34. The van der Waals surface area contributed by atoms with E-state index in [0.717, 1.165) is 5.56 Å². The predicted octanol–water partition coefficient (Wildman–Crippen LogP) is 3.16. The third kappa shape index (κ3) is 3.12. The first-order valence-electron chi connectivity index (χ1n) is 10.0. The first kappa shape index (κ1) is 21.4. The fourth-order valence-corrected chi connectivity index (χ4v) is 5.33. The van der Waals surface area contributed by atoms with Gasteiger partial charge in [0.15, 0.2) is 0 Å². The summed E-state index contributed by atoms with van der Waals surface area (Å²) in [7, 11) is 3.06. The lowest BCUT2D eigenvalue weighted by molar-refractivity contribution is -0.126. The van der Waals surface area contributed by atoms with Crippen LogP contribution in [0.25, 0.3) is 11.1 Å². The number of anilines is 2. The van der Waals surface area contributed by atoms with Gasteiger partial charge in [0.25, 0.3) is 5.91 Å². The third-order valence-electron chi connectivity index (χ3n) is 6.70. The number of carbonyl (C=O) groups excluding carboxylic acids is 2. The summed E-state index contributed by atoms with van der Waals surface area (Å²) in [6.07, 6.45) is 3.39. The highest BCUT2D eigenvalue weighted by atomic mass is 35.5. The average molecular weight is 446 g/mol. The van der Waals surface area contributed by atoms with Crippen molar-refractivity contribution in [1.82, 2.24) is 9.88 Å². The number of primary amides is 1. The summed E-state index contributed by atoms with van der Waals surface area (Å²) in [6, 6.07) is 3.00. The van der Waals surface area contributed by atoms with Crippen molar-refractivity contribution in [1.29, 1.82) is 0 Å². The summed E-state index contributed by atoms with van der Waals surface area (Å²) < 4.78 is 15.5. The van der Waals surface area contributed by atoms with Gasteiger partial charge in [0.2, 0.25) is 5.91 Å². The molecule has 164 valence electrons. The number of hydrogen-bond acceptors (Lipinski definition) is 5. The summed E-state index contributed by atoms with van der Waals surface area (Å²) in [6.45, 7) is 2.45. The van der Waals surface area contributed by atoms with Crippen LogP contribution >= 0.6 is 11.6 Å². The molecule has 5 N–H and O–H groups in total. The van der Waals surface area contributed by atoms with E-state index in [1.165, 1.54) is 37.3 Å². The van der Waals surface area contributed by atoms with Crippen molar-refractivity contribution in [2.75, 3.05) is 31.7 Å². The highest BCUT2D eigenvalue weighted by Gasteiger charge is 2.53. The van der Waals surface area contributed by atoms with Crippen molar-refractivity contribution in [3.63, 3.8) is 0 Å². The monoisotopic (exact) mass is 445 g/mol. The smallest absolute Gasteiger partial charge is 0.258 e. The van der Waals surface area contributed by atoms with Gasteiger partial charge in [0, 0.05) is 60.0 Å². The summed E-state index contributed by atoms with van der Waals surface area (Å²) >= 11 is 6.85. The molecule has 1 aromatic heterocycles. The number of nitrogen functional groups attached to an aromatic ring is 1. The van der Waals surface area contributed by atoms with Crippen molar-refractivity contribution in [2.45, 2.75) is 31.6 Å². The van der Waals surface area contributed by atoms with Gasteiger partial charge in [-0.3, -0.25) is 9.59 Å². The van der Waals surface area contributed by atoms with E-state index in [1.807, 2.05) is 6.92 Å². The first-order valence-corrected chi connectivity index (χ1v) is 10.4. The van der Waals surface area contributed by atoms with E-state index in [0.29, 0.717) is 42.2 Å². The molecule has 9 heteroatoms. The van der Waals surface area contributed by atoms with Crippen LogP contribution in [0.4, 0.5) is 15.9 Å². The Hall–Kier alpha value is -2.87. The Morgan fingerprint density at radius 1 is 1.26 bits per heavy atom. The molecule has 4 rings (SSSR count). The summed E-state index contributed by atoms with van der Waals surface area (Å²) in [4.78, 5) is 30.3. The van der Waals surface area contributed by atoms with E-state index in [9.17, 15) is 9.59 Å². The zero-order chi connectivity index (χ0) is 22.7. The highest BCUT2D eigenvalue weighted by Crippen LogP contribution is 2.57. The molecular formula is C22H25ClFN5O2. The van der Waals surface area contributed by atoms with Crippen molar-refractivity contribution in [2.24, 2.45) is 11.1 Å². The second kappa shape index (κ2) is 7.09. The van der Waals surface area contributed by atoms with Crippen LogP contribution in [0.3, 0.4) is 0 Å². The Morgan fingerprint density at radius 2 is 1.97 bits per heavy atom. The Balaban J connectivity index is 1.86. The molecule has 0 radical (unpaired) electrons. The van der Waals surface area contributed by atoms with Crippen LogP contribution in [0.2, 0.25) is 5.02 Å². The van der Waals surface area contributed by atoms with Gasteiger partial charge in [-0.15, -0.1) is 0 Å². The number of amides is 2. The summed E-state index contributed by atoms with van der Waals surface area (Å²) in [5.41, 5.74) is 11.7. The molecule has 31 heavy (non-hydrogen) atoms. The SMILES string of the molecule is CN(C)C(=O)c1c(N)ccc(-c2cnc3c(c2Cl)C2(CCC(C)(C(N)=O)C2)CN3)c1F. The van der Waals surface area contributed by atoms with Crippen molar-refractivity contribution >= 4 is 34.9 Å². The second-order valence-corrected chi connectivity index (χ2v) is 9.41. The lowest BCUT2D eigenvalue weighted by Gasteiger charge is -2.27. The third-order valence-corrected chi connectivity index (χ3v) is 7.10. The van der Waals surface area contributed by atoms with Crippen molar-refractivity contribution in [3.8, 4) is 11.1 Å². The van der Waals surface area contributed by atoms with Gasteiger partial charge in [-0.25, -0.2) is 9.37 Å². The maximum atomic E-state index is 15.5. The largest absolute Gasteiger partial charge is 0.398 e. The van der Waals surface area contributed by atoms with Crippen LogP contribution in [0.15, 0.2) is 18.3 Å². The molecule has 1 fully saturated rings. The molecule has 1 aliphatic heterocycles. The molecule has 2 atom stereocenters. The Kier molecular flexibility index (Phi) is 4.88. The van der Waals surface area contributed by atoms with Gasteiger partial charge in [-0.1, -0.05) is 18.5 Å². The number of rotatable bonds is 3. The molecule has 7 nitrogen and oxygen atoms in total. The number of benzene rings is 1. The van der Waals surface area contributed by atoms with E-state index in [1.54, 1.807) is 0 Å². The summed E-state index contributed by atoms with van der Waals surface area (Å²) in [5.74, 6) is -0.985. The van der Waals surface area contributed by atoms with E-state index in [4.69, 9.17) is 23.1 Å². The number of nitrogens with zero attached hydrogens (tertiary/aromatic N) is 2. The van der Waals surface area contributed by atoms with Gasteiger partial charge >= 0.3 is 0 Å². The van der Waals surface area contributed by atoms with Gasteiger partial charge in [-0.2, -0.15) is 0 Å². The molecule has 2 aliphatic rings. The fourth-order valence-electron chi connectivity index (χ4n) is 4.89. The number of nitrogens with two attached hydrogens (primary N) is 2. The molecule has 2 unspecified atom stereocenters. The average Bonchev–Trinajstić information content (AvgIpc) is 3.24. The molecule has 2 aromatic rings. The van der Waals surface area contributed by atoms with Crippen LogP contribution < -0.4 is 16.8 Å². The number of aromatic nitrogens is 1. The number of pyridine rings is 1. The van der Waals surface area contributed by atoms with Crippen molar-refractivity contribution in [3.05, 3.63) is 40.3 Å². The van der Waals surface area contributed by atoms with E-state index in [2.05, 4.69) is 10.3 Å². The predicted molar refractivity (Wildman–Crippen MR) is 118 cm³/mol. The van der Waals surface area contributed by atoms with E-state index in [-0.39, 0.29) is 22.7 Å². The second-order valence-electron chi connectivity index (χ2n) is 9.04. The summed E-state index contributed by atoms with van der Waals surface area (Å²) in [5, 5.41) is 3.63. The van der Waals surface area contributed by atoms with Gasteiger partial charge < -0.3 is 21.7 Å². The molecule has 1 spiro atoms. The maximum absolute atomic E-state index is 15.5. The zero-order valence-electron chi connectivity index (χ0n) is 17.7. The van der Waals surface area contributed by atoms with Crippen LogP contribution in [-0.4, -0.2) is 42.3 Å². The van der Waals surface area contributed by atoms with Crippen LogP contribution in [0.5, 0.6) is 0 Å². The molecule has 1 aromatic carbocycles. The van der Waals surface area contributed by atoms with E-state index < -0.39 is 22.6 Å². The Labute approximate surface area is 184 Å². The Morgan fingerprint density at radius 3 is 2.58 bits per heavy atom. The molecule has 2 heterocycles. The normalized spacial score (nSPS) is 24.2. The molecule has 1 saturated carbocycles. The number of fused-ring (bicyclic) bond motifs is 2. The molecule has 2 amide bonds. The lowest BCUT2D eigenvalue weighted by atomic mass is 9.76. The molecule has 0 bridgehead atoms. The van der Waals surface area contributed by atoms with Crippen molar-refractivity contribution < 1.29 is 14.0 Å². The minimum atomic E-state index is -0.740. The lowest BCUT2D eigenvalue weighted by Crippen LogP contribution is -2.35. The minimum absolute atomic E-state index is 0.0522. The van der Waals surface area contributed by atoms with E-state index >= 15 is 4.39 Å². The maximum Gasteiger partial charge on any atom is 0.258 e. The van der Waals surface area contributed by atoms with Crippen LogP contribution in [0, 0.1) is 11.2 Å². The topological polar surface area (TPSA) is 114 Å². The molecular weight excluding hydrogens is 421 g/mol. The zero-order valence-corrected chi connectivity index (χ0v) is 18.4. The molecule has 1 aliphatic carbocycles. The Bertz CT molecular complexity index is 1120. The number of nitrogens with one attached hydrogen (secondary N) is 1. The number of halogens is 2.